The topological polar surface area (TPSA) is 50.1 Å². The molecule has 0 fully saturated rings. The van der Waals surface area contributed by atoms with Crippen LogP contribution in [0.1, 0.15) is 33.3 Å². The highest BCUT2D eigenvalue weighted by Gasteiger charge is 2.22. The lowest BCUT2D eigenvalue weighted by molar-refractivity contribution is -0.142. The smallest absolute Gasteiger partial charge is 0.349 e. The average molecular weight is 309 g/mol. The number of allylic oxidation sites excluding steroid dienone is 5. The van der Waals surface area contributed by atoms with Gasteiger partial charge in [-0.05, 0) is 31.9 Å². The molecule has 0 aliphatic heterocycles. The van der Waals surface area contributed by atoms with Gasteiger partial charge in [0.05, 0.1) is 6.10 Å². The van der Waals surface area contributed by atoms with E-state index in [1.165, 1.54) is 0 Å². The molecule has 0 aromatic heterocycles. The molecule has 1 unspecified atom stereocenters. The molecule has 0 aliphatic rings. The third-order valence-corrected chi connectivity index (χ3v) is 3.17. The molecule has 0 heterocycles. The Morgan fingerprint density at radius 3 is 2.35 bits per heavy atom. The molecule has 0 N–H and O–H groups in total. The molecule has 0 radical (unpaired) electrons. The van der Waals surface area contributed by atoms with Crippen molar-refractivity contribution < 1.29 is 9.53 Å². The number of nitrogens with zero attached hydrogens (tertiary/aromatic N) is 1. The summed E-state index contributed by atoms with van der Waals surface area (Å²) in [5, 5.41) is 9.51. The third kappa shape index (κ3) is 5.60. The Hall–Kier alpha value is -2.60. The van der Waals surface area contributed by atoms with E-state index in [1.807, 2.05) is 74.6 Å². The summed E-state index contributed by atoms with van der Waals surface area (Å²) in [4.78, 5) is 12.3. The van der Waals surface area contributed by atoms with E-state index in [2.05, 4.69) is 0 Å². The van der Waals surface area contributed by atoms with Crippen LogP contribution in [0.15, 0.2) is 60.2 Å². The number of hydrogen-bond donors (Lipinski definition) is 0. The van der Waals surface area contributed by atoms with Crippen LogP contribution >= 0.6 is 0 Å². The first kappa shape index (κ1) is 18.4. The maximum absolute atomic E-state index is 12.3. The summed E-state index contributed by atoms with van der Waals surface area (Å²) in [7, 11) is 0. The Balaban J connectivity index is 3.40. The Labute approximate surface area is 138 Å². The van der Waals surface area contributed by atoms with Crippen LogP contribution in [-0.4, -0.2) is 12.1 Å². The van der Waals surface area contributed by atoms with Crippen molar-refractivity contribution in [2.75, 3.05) is 0 Å². The van der Waals surface area contributed by atoms with Crippen LogP contribution in [0.4, 0.5) is 0 Å². The van der Waals surface area contributed by atoms with E-state index in [1.54, 1.807) is 13.8 Å². The number of benzene rings is 1. The highest BCUT2D eigenvalue weighted by molar-refractivity contribution is 6.02. The van der Waals surface area contributed by atoms with Gasteiger partial charge in [0.1, 0.15) is 11.6 Å². The lowest BCUT2D eigenvalue weighted by Gasteiger charge is -2.16. The standard InChI is InChI=1S/C20H23NO2/c1-5-6-8-11-16(4)19(17-12-9-7-10-13-17)18(14-21)20(22)23-15(2)3/h5-13,15-16H,1-4H3/b6-5-,11-8-,19-18-. The zero-order valence-electron chi connectivity index (χ0n) is 14.1. The number of carbonyl (C=O) groups is 1. The summed E-state index contributed by atoms with van der Waals surface area (Å²) in [6.45, 7) is 7.43. The lowest BCUT2D eigenvalue weighted by atomic mass is 9.89. The first-order valence-corrected chi connectivity index (χ1v) is 7.71. The molecule has 3 nitrogen and oxygen atoms in total. The highest BCUT2D eigenvalue weighted by atomic mass is 16.5. The molecule has 1 aromatic carbocycles. The lowest BCUT2D eigenvalue weighted by Crippen LogP contribution is -2.15. The highest BCUT2D eigenvalue weighted by Crippen LogP contribution is 2.28. The number of esters is 1. The second-order valence-electron chi connectivity index (χ2n) is 5.42. The molecular formula is C20H23NO2. The molecule has 0 saturated carbocycles. The van der Waals surface area contributed by atoms with Crippen molar-refractivity contribution in [3.05, 3.63) is 65.8 Å². The van der Waals surface area contributed by atoms with Gasteiger partial charge >= 0.3 is 5.97 Å². The molecule has 1 aromatic rings. The second kappa shape index (κ2) is 9.42. The van der Waals surface area contributed by atoms with Crippen molar-refractivity contribution in [2.24, 2.45) is 5.92 Å². The Morgan fingerprint density at radius 1 is 1.17 bits per heavy atom. The summed E-state index contributed by atoms with van der Waals surface area (Å²) in [6, 6.07) is 11.5. The number of hydrogen-bond acceptors (Lipinski definition) is 3. The van der Waals surface area contributed by atoms with E-state index in [0.717, 1.165) is 5.56 Å². The molecule has 3 heteroatoms. The SMILES string of the molecule is C/C=C\C=C/C(C)/C(=C(\C#N)C(=O)OC(C)C)c1ccccc1. The molecule has 120 valence electrons. The van der Waals surface area contributed by atoms with Gasteiger partial charge in [-0.15, -0.1) is 0 Å². The van der Waals surface area contributed by atoms with Crippen molar-refractivity contribution in [3.63, 3.8) is 0 Å². The van der Waals surface area contributed by atoms with E-state index >= 15 is 0 Å². The fourth-order valence-corrected chi connectivity index (χ4v) is 2.18. The van der Waals surface area contributed by atoms with Crippen LogP contribution in [-0.2, 0) is 9.53 Å². The van der Waals surface area contributed by atoms with Crippen LogP contribution in [0.25, 0.3) is 5.57 Å². The summed E-state index contributed by atoms with van der Waals surface area (Å²) in [5.41, 5.74) is 1.59. The summed E-state index contributed by atoms with van der Waals surface area (Å²) >= 11 is 0. The molecular weight excluding hydrogens is 286 g/mol. The van der Waals surface area contributed by atoms with Crippen LogP contribution in [0.3, 0.4) is 0 Å². The van der Waals surface area contributed by atoms with Gasteiger partial charge in [-0.2, -0.15) is 5.26 Å². The number of ether oxygens (including phenoxy) is 1. The van der Waals surface area contributed by atoms with Crippen LogP contribution in [0.2, 0.25) is 0 Å². The van der Waals surface area contributed by atoms with Gasteiger partial charge in [-0.3, -0.25) is 0 Å². The van der Waals surface area contributed by atoms with E-state index in [9.17, 15) is 10.1 Å². The zero-order valence-corrected chi connectivity index (χ0v) is 14.1. The second-order valence-corrected chi connectivity index (χ2v) is 5.42. The van der Waals surface area contributed by atoms with E-state index in [4.69, 9.17) is 4.74 Å². The minimum absolute atomic E-state index is 0.0579. The van der Waals surface area contributed by atoms with Gasteiger partial charge in [0, 0.05) is 5.92 Å². The summed E-state index contributed by atoms with van der Waals surface area (Å²) in [5.74, 6) is -0.671. The minimum atomic E-state index is -0.576. The maximum Gasteiger partial charge on any atom is 0.349 e. The van der Waals surface area contributed by atoms with Crippen molar-refractivity contribution in [2.45, 2.75) is 33.8 Å². The monoisotopic (exact) mass is 309 g/mol. The largest absolute Gasteiger partial charge is 0.459 e. The minimum Gasteiger partial charge on any atom is -0.459 e. The van der Waals surface area contributed by atoms with Crippen LogP contribution < -0.4 is 0 Å². The average Bonchev–Trinajstić information content (AvgIpc) is 2.52. The fourth-order valence-electron chi connectivity index (χ4n) is 2.18. The zero-order chi connectivity index (χ0) is 17.2. The molecule has 0 spiro atoms. The predicted molar refractivity (Wildman–Crippen MR) is 93.3 cm³/mol. The summed E-state index contributed by atoms with van der Waals surface area (Å²) in [6.07, 6.45) is 7.45. The van der Waals surface area contributed by atoms with Crippen molar-refractivity contribution in [3.8, 4) is 6.07 Å². The number of carbonyl (C=O) groups excluding carboxylic acids is 1. The van der Waals surface area contributed by atoms with Crippen LogP contribution in [0.5, 0.6) is 0 Å². The fraction of sp³-hybridized carbons (Fsp3) is 0.300. The molecule has 1 rings (SSSR count). The third-order valence-electron chi connectivity index (χ3n) is 3.17. The van der Waals surface area contributed by atoms with Crippen molar-refractivity contribution in [1.82, 2.24) is 0 Å². The first-order valence-electron chi connectivity index (χ1n) is 7.71. The molecule has 0 saturated heterocycles. The molecule has 0 amide bonds. The maximum atomic E-state index is 12.3. The molecule has 1 atom stereocenters. The number of nitriles is 1. The van der Waals surface area contributed by atoms with Crippen molar-refractivity contribution >= 4 is 11.5 Å². The predicted octanol–water partition coefficient (Wildman–Crippen LogP) is 4.68. The van der Waals surface area contributed by atoms with Gasteiger partial charge in [0.25, 0.3) is 0 Å². The molecule has 0 bridgehead atoms. The van der Waals surface area contributed by atoms with Gasteiger partial charge in [-0.1, -0.05) is 61.6 Å². The van der Waals surface area contributed by atoms with Gasteiger partial charge in [-0.25, -0.2) is 4.79 Å². The Kier molecular flexibility index (Phi) is 7.56. The van der Waals surface area contributed by atoms with Crippen LogP contribution in [0, 0.1) is 17.2 Å². The van der Waals surface area contributed by atoms with E-state index in [-0.39, 0.29) is 17.6 Å². The van der Waals surface area contributed by atoms with Gasteiger partial charge in [0.2, 0.25) is 0 Å². The summed E-state index contributed by atoms with van der Waals surface area (Å²) < 4.78 is 5.22. The Morgan fingerprint density at radius 2 is 1.83 bits per heavy atom. The molecule has 23 heavy (non-hydrogen) atoms. The Bertz CT molecular complexity index is 646. The molecule has 0 aliphatic carbocycles. The number of rotatable bonds is 6. The van der Waals surface area contributed by atoms with Gasteiger partial charge in [0.15, 0.2) is 0 Å². The normalized spacial score (nSPS) is 13.9. The van der Waals surface area contributed by atoms with Crippen molar-refractivity contribution in [1.29, 1.82) is 5.26 Å². The van der Waals surface area contributed by atoms with Gasteiger partial charge < -0.3 is 4.74 Å². The van der Waals surface area contributed by atoms with E-state index in [0.29, 0.717) is 5.57 Å². The van der Waals surface area contributed by atoms with E-state index < -0.39 is 5.97 Å². The quantitative estimate of drug-likeness (QED) is 0.332. The first-order chi connectivity index (χ1) is 11.0.